The van der Waals surface area contributed by atoms with Gasteiger partial charge in [-0.15, -0.1) is 0 Å². The zero-order valence-electron chi connectivity index (χ0n) is 10.7. The van der Waals surface area contributed by atoms with Gasteiger partial charge in [0, 0.05) is 18.8 Å². The van der Waals surface area contributed by atoms with Crippen molar-refractivity contribution in [2.75, 3.05) is 26.4 Å². The highest BCUT2D eigenvalue weighted by Crippen LogP contribution is 2.23. The zero-order chi connectivity index (χ0) is 14.2. The molecule has 1 aromatic carbocycles. The van der Waals surface area contributed by atoms with Crippen LogP contribution in [0.15, 0.2) is 21.3 Å². The average molecular weight is 265 g/mol. The second-order valence-corrected chi connectivity index (χ2v) is 4.50. The smallest absolute Gasteiger partial charge is 0.420 e. The molecule has 0 saturated carbocycles. The molecule has 7 nitrogen and oxygen atoms in total. The molecule has 1 heterocycles. The van der Waals surface area contributed by atoms with Crippen molar-refractivity contribution in [1.82, 2.24) is 9.47 Å². The number of hydrogen-bond donors (Lipinski definition) is 2. The Hall–Kier alpha value is -2.28. The Morgan fingerprint density at radius 3 is 2.74 bits per heavy atom. The highest BCUT2D eigenvalue weighted by Gasteiger charge is 2.20. The second-order valence-electron chi connectivity index (χ2n) is 4.50. The van der Waals surface area contributed by atoms with Crippen molar-refractivity contribution in [3.63, 3.8) is 0 Å². The quantitative estimate of drug-likeness (QED) is 0.777. The molecule has 2 rings (SSSR count). The number of benzene rings is 1. The number of nitrogens with two attached hydrogens (primary N) is 1. The number of carboxylic acid groups (broad SMARTS) is 1. The Kier molecular flexibility index (Phi) is 3.30. The molecule has 0 amide bonds. The minimum absolute atomic E-state index is 0.0953. The Morgan fingerprint density at radius 1 is 1.47 bits per heavy atom. The first kappa shape index (κ1) is 13.2. The largest absolute Gasteiger partial charge is 0.478 e. The van der Waals surface area contributed by atoms with E-state index in [1.54, 1.807) is 0 Å². The number of fused-ring (bicyclic) bond motifs is 1. The van der Waals surface area contributed by atoms with E-state index < -0.39 is 11.7 Å². The topological polar surface area (TPSA) is 102 Å². The lowest BCUT2D eigenvalue weighted by Crippen LogP contribution is -2.24. The lowest BCUT2D eigenvalue weighted by atomic mass is 10.1. The predicted molar refractivity (Wildman–Crippen MR) is 70.4 cm³/mol. The van der Waals surface area contributed by atoms with Crippen molar-refractivity contribution in [3.8, 4) is 0 Å². The van der Waals surface area contributed by atoms with Crippen LogP contribution in [-0.4, -0.2) is 41.2 Å². The first-order valence-corrected chi connectivity index (χ1v) is 5.71. The summed E-state index contributed by atoms with van der Waals surface area (Å²) in [5, 5.41) is 9.23. The third kappa shape index (κ3) is 2.32. The van der Waals surface area contributed by atoms with Crippen LogP contribution in [0.5, 0.6) is 0 Å². The molecule has 0 bridgehead atoms. The standard InChI is InChI=1S/C12H15N3O4/c1-14(2)5-6-15-10-8(19-12(15)18)4-3-7(13)9(10)11(16)17/h3-4H,5-6,13H2,1-2H3,(H,16,17). The highest BCUT2D eigenvalue weighted by molar-refractivity contribution is 6.05. The van der Waals surface area contributed by atoms with E-state index in [1.807, 2.05) is 19.0 Å². The van der Waals surface area contributed by atoms with Gasteiger partial charge in [-0.2, -0.15) is 0 Å². The minimum Gasteiger partial charge on any atom is -0.478 e. The first-order chi connectivity index (χ1) is 8.91. The number of carboxylic acids is 1. The van der Waals surface area contributed by atoms with E-state index >= 15 is 0 Å². The minimum atomic E-state index is -1.18. The molecule has 0 unspecified atom stereocenters. The van der Waals surface area contributed by atoms with Gasteiger partial charge in [-0.25, -0.2) is 9.59 Å². The average Bonchev–Trinajstić information content (AvgIpc) is 2.61. The fourth-order valence-electron chi connectivity index (χ4n) is 1.91. The number of anilines is 1. The third-order valence-corrected chi connectivity index (χ3v) is 2.85. The van der Waals surface area contributed by atoms with Gasteiger partial charge in [0.1, 0.15) is 11.1 Å². The number of nitrogen functional groups attached to an aromatic ring is 1. The second kappa shape index (κ2) is 4.77. The zero-order valence-corrected chi connectivity index (χ0v) is 10.7. The van der Waals surface area contributed by atoms with Gasteiger partial charge in [-0.1, -0.05) is 0 Å². The summed E-state index contributed by atoms with van der Waals surface area (Å²) in [4.78, 5) is 25.0. The summed E-state index contributed by atoms with van der Waals surface area (Å²) in [6.07, 6.45) is 0. The van der Waals surface area contributed by atoms with Crippen LogP contribution in [0, 0.1) is 0 Å². The summed E-state index contributed by atoms with van der Waals surface area (Å²) in [5.74, 6) is -1.76. The summed E-state index contributed by atoms with van der Waals surface area (Å²) in [6.45, 7) is 0.922. The number of rotatable bonds is 4. The monoisotopic (exact) mass is 265 g/mol. The van der Waals surface area contributed by atoms with Gasteiger partial charge in [-0.3, -0.25) is 4.57 Å². The van der Waals surface area contributed by atoms with E-state index in [4.69, 9.17) is 10.2 Å². The molecule has 0 aliphatic carbocycles. The van der Waals surface area contributed by atoms with Gasteiger partial charge >= 0.3 is 11.7 Å². The molecule has 2 aromatic rings. The lowest BCUT2D eigenvalue weighted by Gasteiger charge is -2.10. The predicted octanol–water partition coefficient (Wildman–Crippen LogP) is 0.437. The summed E-state index contributed by atoms with van der Waals surface area (Å²) in [5.41, 5.74) is 6.16. The van der Waals surface area contributed by atoms with E-state index in [-0.39, 0.29) is 22.4 Å². The number of aromatic nitrogens is 1. The summed E-state index contributed by atoms with van der Waals surface area (Å²) < 4.78 is 6.35. The van der Waals surface area contributed by atoms with Crippen LogP contribution in [0.4, 0.5) is 5.69 Å². The maximum absolute atomic E-state index is 11.8. The molecular weight excluding hydrogens is 250 g/mol. The molecule has 0 radical (unpaired) electrons. The molecule has 0 aliphatic rings. The normalized spacial score (nSPS) is 11.3. The molecular formula is C12H15N3O4. The van der Waals surface area contributed by atoms with E-state index in [0.29, 0.717) is 13.1 Å². The number of hydrogen-bond acceptors (Lipinski definition) is 5. The fourth-order valence-corrected chi connectivity index (χ4v) is 1.91. The molecule has 0 fully saturated rings. The Bertz CT molecular complexity index is 684. The number of oxazole rings is 1. The summed E-state index contributed by atoms with van der Waals surface area (Å²) >= 11 is 0. The van der Waals surface area contributed by atoms with E-state index in [1.165, 1.54) is 16.7 Å². The van der Waals surface area contributed by atoms with Crippen molar-refractivity contribution < 1.29 is 14.3 Å². The summed E-state index contributed by atoms with van der Waals surface area (Å²) in [6, 6.07) is 2.93. The van der Waals surface area contributed by atoms with Gasteiger partial charge in [0.05, 0.1) is 0 Å². The number of likely N-dealkylation sites (N-methyl/N-ethyl adjacent to an activating group) is 1. The molecule has 0 atom stereocenters. The number of aromatic carboxylic acids is 1. The van der Waals surface area contributed by atoms with Crippen LogP contribution in [-0.2, 0) is 6.54 Å². The van der Waals surface area contributed by atoms with E-state index in [2.05, 4.69) is 0 Å². The number of carbonyl (C=O) groups is 1. The van der Waals surface area contributed by atoms with Crippen LogP contribution in [0.2, 0.25) is 0 Å². The van der Waals surface area contributed by atoms with Crippen LogP contribution in [0.25, 0.3) is 11.1 Å². The SMILES string of the molecule is CN(C)CCn1c(=O)oc2ccc(N)c(C(=O)O)c21. The van der Waals surface area contributed by atoms with Crippen LogP contribution < -0.4 is 11.5 Å². The van der Waals surface area contributed by atoms with Gasteiger partial charge in [0.25, 0.3) is 0 Å². The van der Waals surface area contributed by atoms with Gasteiger partial charge in [0.2, 0.25) is 0 Å². The third-order valence-electron chi connectivity index (χ3n) is 2.85. The van der Waals surface area contributed by atoms with E-state index in [0.717, 1.165) is 0 Å². The Morgan fingerprint density at radius 2 is 2.16 bits per heavy atom. The van der Waals surface area contributed by atoms with Crippen LogP contribution in [0.3, 0.4) is 0 Å². The molecule has 0 spiro atoms. The molecule has 19 heavy (non-hydrogen) atoms. The van der Waals surface area contributed by atoms with Crippen molar-refractivity contribution in [2.45, 2.75) is 6.54 Å². The number of nitrogens with zero attached hydrogens (tertiary/aromatic N) is 2. The van der Waals surface area contributed by atoms with Crippen LogP contribution in [0.1, 0.15) is 10.4 Å². The first-order valence-electron chi connectivity index (χ1n) is 5.71. The Balaban J connectivity index is 2.68. The molecule has 0 aliphatic heterocycles. The molecule has 3 N–H and O–H groups in total. The summed E-state index contributed by atoms with van der Waals surface area (Å²) in [7, 11) is 3.72. The van der Waals surface area contributed by atoms with Crippen molar-refractivity contribution in [2.24, 2.45) is 0 Å². The lowest BCUT2D eigenvalue weighted by molar-refractivity contribution is 0.0699. The van der Waals surface area contributed by atoms with Gasteiger partial charge in [-0.05, 0) is 26.2 Å². The van der Waals surface area contributed by atoms with Gasteiger partial charge in [0.15, 0.2) is 5.58 Å². The fraction of sp³-hybridized carbons (Fsp3) is 0.333. The Labute approximate surface area is 108 Å². The maximum Gasteiger partial charge on any atom is 0.420 e. The van der Waals surface area contributed by atoms with Crippen molar-refractivity contribution >= 4 is 22.8 Å². The van der Waals surface area contributed by atoms with Crippen LogP contribution >= 0.6 is 0 Å². The van der Waals surface area contributed by atoms with Crippen molar-refractivity contribution in [1.29, 1.82) is 0 Å². The van der Waals surface area contributed by atoms with E-state index in [9.17, 15) is 14.7 Å². The molecule has 102 valence electrons. The van der Waals surface area contributed by atoms with Crippen molar-refractivity contribution in [3.05, 3.63) is 28.2 Å². The van der Waals surface area contributed by atoms with Gasteiger partial charge < -0.3 is 20.2 Å². The molecule has 0 saturated heterocycles. The maximum atomic E-state index is 11.8. The highest BCUT2D eigenvalue weighted by atomic mass is 16.4. The molecule has 1 aromatic heterocycles. The molecule has 7 heteroatoms.